The van der Waals surface area contributed by atoms with Crippen LogP contribution in [0.1, 0.15) is 16.7 Å². The number of rotatable bonds is 6. The van der Waals surface area contributed by atoms with E-state index in [0.717, 1.165) is 33.0 Å². The summed E-state index contributed by atoms with van der Waals surface area (Å²) in [5.74, 6) is 0.536. The summed E-state index contributed by atoms with van der Waals surface area (Å²) in [6, 6.07) is 13.5. The number of aryl methyl sites for hydroxylation is 2. The van der Waals surface area contributed by atoms with Crippen LogP contribution in [-0.2, 0) is 4.79 Å². The highest BCUT2D eigenvalue weighted by Crippen LogP contribution is 2.28. The molecular formula is C22H21N3O2S. The molecule has 0 radical (unpaired) electrons. The summed E-state index contributed by atoms with van der Waals surface area (Å²) in [4.78, 5) is 21.8. The van der Waals surface area contributed by atoms with Gasteiger partial charge in [0.15, 0.2) is 5.16 Å². The van der Waals surface area contributed by atoms with Gasteiger partial charge in [-0.05, 0) is 73.6 Å². The van der Waals surface area contributed by atoms with E-state index in [1.54, 1.807) is 31.6 Å². The number of ether oxygens (including phenoxy) is 1. The molecule has 0 saturated carbocycles. The van der Waals surface area contributed by atoms with Gasteiger partial charge in [0, 0.05) is 34.6 Å². The first-order chi connectivity index (χ1) is 13.5. The lowest BCUT2D eigenvalue weighted by Gasteiger charge is -2.09. The first kappa shape index (κ1) is 19.6. The fraction of sp³-hybridized carbons (Fsp3) is 0.136. The van der Waals surface area contributed by atoms with Crippen LogP contribution in [0.15, 0.2) is 71.0 Å². The maximum absolute atomic E-state index is 12.3. The van der Waals surface area contributed by atoms with Crippen molar-refractivity contribution >= 4 is 29.4 Å². The highest BCUT2D eigenvalue weighted by atomic mass is 32.2. The van der Waals surface area contributed by atoms with E-state index in [2.05, 4.69) is 15.3 Å². The van der Waals surface area contributed by atoms with Crippen molar-refractivity contribution in [2.75, 3.05) is 12.4 Å². The van der Waals surface area contributed by atoms with Crippen molar-refractivity contribution in [1.82, 2.24) is 9.97 Å². The van der Waals surface area contributed by atoms with Crippen molar-refractivity contribution in [3.8, 4) is 5.75 Å². The van der Waals surface area contributed by atoms with Gasteiger partial charge in [-0.3, -0.25) is 4.79 Å². The Bertz CT molecular complexity index is 1000. The van der Waals surface area contributed by atoms with E-state index in [1.165, 1.54) is 17.8 Å². The lowest BCUT2D eigenvalue weighted by molar-refractivity contribution is -0.111. The van der Waals surface area contributed by atoms with Crippen LogP contribution in [-0.4, -0.2) is 23.0 Å². The molecule has 0 aliphatic carbocycles. The molecule has 0 atom stereocenters. The maximum Gasteiger partial charge on any atom is 0.248 e. The molecule has 5 nitrogen and oxygen atoms in total. The number of methoxy groups -OCH3 is 1. The SMILES string of the molecule is COc1ccc(C)cc1/C=C/C(=O)Nc1ccc(Sc2ncccn2)cc1C. The van der Waals surface area contributed by atoms with Gasteiger partial charge in [-0.25, -0.2) is 9.97 Å². The van der Waals surface area contributed by atoms with Gasteiger partial charge in [-0.15, -0.1) is 0 Å². The first-order valence-electron chi connectivity index (χ1n) is 8.74. The molecule has 0 aliphatic rings. The second kappa shape index (κ2) is 9.19. The van der Waals surface area contributed by atoms with Crippen molar-refractivity contribution in [2.45, 2.75) is 23.9 Å². The predicted octanol–water partition coefficient (Wildman–Crippen LogP) is 4.91. The van der Waals surface area contributed by atoms with E-state index in [9.17, 15) is 4.79 Å². The summed E-state index contributed by atoms with van der Waals surface area (Å²) in [6.07, 6.45) is 6.70. The van der Waals surface area contributed by atoms with Crippen molar-refractivity contribution in [2.24, 2.45) is 0 Å². The first-order valence-corrected chi connectivity index (χ1v) is 9.56. The minimum absolute atomic E-state index is 0.196. The van der Waals surface area contributed by atoms with E-state index in [0.29, 0.717) is 5.16 Å². The second-order valence-electron chi connectivity index (χ2n) is 6.18. The van der Waals surface area contributed by atoms with Gasteiger partial charge in [0.25, 0.3) is 0 Å². The van der Waals surface area contributed by atoms with E-state index in [-0.39, 0.29) is 5.91 Å². The van der Waals surface area contributed by atoms with Gasteiger partial charge in [0.2, 0.25) is 5.91 Å². The minimum Gasteiger partial charge on any atom is -0.496 e. The zero-order valence-corrected chi connectivity index (χ0v) is 16.8. The van der Waals surface area contributed by atoms with Gasteiger partial charge in [-0.2, -0.15) is 0 Å². The molecule has 142 valence electrons. The summed E-state index contributed by atoms with van der Waals surface area (Å²) in [6.45, 7) is 3.96. The zero-order chi connectivity index (χ0) is 19.9. The van der Waals surface area contributed by atoms with E-state index < -0.39 is 0 Å². The number of nitrogens with zero attached hydrogens (tertiary/aromatic N) is 2. The molecular weight excluding hydrogens is 370 g/mol. The Morgan fingerprint density at radius 3 is 2.61 bits per heavy atom. The van der Waals surface area contributed by atoms with E-state index >= 15 is 0 Å². The molecule has 6 heteroatoms. The third-order valence-corrected chi connectivity index (χ3v) is 4.89. The van der Waals surface area contributed by atoms with Gasteiger partial charge < -0.3 is 10.1 Å². The minimum atomic E-state index is -0.196. The smallest absolute Gasteiger partial charge is 0.248 e. The third kappa shape index (κ3) is 5.20. The number of amides is 1. The van der Waals surface area contributed by atoms with Crippen LogP contribution in [0.4, 0.5) is 5.69 Å². The quantitative estimate of drug-likeness (QED) is 0.478. The van der Waals surface area contributed by atoms with E-state index in [4.69, 9.17) is 4.74 Å². The molecule has 2 aromatic carbocycles. The van der Waals surface area contributed by atoms with Gasteiger partial charge in [-0.1, -0.05) is 11.6 Å². The summed E-state index contributed by atoms with van der Waals surface area (Å²) in [5.41, 5.74) is 3.70. The molecule has 1 N–H and O–H groups in total. The number of carbonyl (C=O) groups is 1. The number of nitrogens with one attached hydrogen (secondary N) is 1. The normalized spacial score (nSPS) is 10.8. The topological polar surface area (TPSA) is 64.1 Å². The molecule has 1 amide bonds. The molecule has 1 aromatic heterocycles. The Hall–Kier alpha value is -3.12. The fourth-order valence-corrected chi connectivity index (χ4v) is 3.42. The molecule has 0 bridgehead atoms. The van der Waals surface area contributed by atoms with Gasteiger partial charge in [0.1, 0.15) is 5.75 Å². The zero-order valence-electron chi connectivity index (χ0n) is 16.0. The van der Waals surface area contributed by atoms with Gasteiger partial charge >= 0.3 is 0 Å². The van der Waals surface area contributed by atoms with Crippen molar-refractivity contribution in [3.05, 3.63) is 77.6 Å². The predicted molar refractivity (Wildman–Crippen MR) is 113 cm³/mol. The summed E-state index contributed by atoms with van der Waals surface area (Å²) in [5, 5.41) is 3.61. The average molecular weight is 391 g/mol. The monoisotopic (exact) mass is 391 g/mol. The van der Waals surface area contributed by atoms with Crippen molar-refractivity contribution < 1.29 is 9.53 Å². The van der Waals surface area contributed by atoms with Crippen LogP contribution < -0.4 is 10.1 Å². The Morgan fingerprint density at radius 1 is 1.11 bits per heavy atom. The Morgan fingerprint density at radius 2 is 1.89 bits per heavy atom. The maximum atomic E-state index is 12.3. The van der Waals surface area contributed by atoms with E-state index in [1.807, 2.05) is 50.2 Å². The Labute approximate surface area is 168 Å². The number of anilines is 1. The molecule has 0 aliphatic heterocycles. The number of hydrogen-bond donors (Lipinski definition) is 1. The highest BCUT2D eigenvalue weighted by Gasteiger charge is 2.06. The molecule has 28 heavy (non-hydrogen) atoms. The molecule has 0 fully saturated rings. The average Bonchev–Trinajstić information content (AvgIpc) is 2.69. The Balaban J connectivity index is 1.68. The van der Waals surface area contributed by atoms with Crippen molar-refractivity contribution in [3.63, 3.8) is 0 Å². The molecule has 1 heterocycles. The third-order valence-electron chi connectivity index (χ3n) is 4.01. The molecule has 0 saturated heterocycles. The Kier molecular flexibility index (Phi) is 6.45. The number of benzene rings is 2. The van der Waals surface area contributed by atoms with Crippen LogP contribution in [0.25, 0.3) is 6.08 Å². The summed E-state index contributed by atoms with van der Waals surface area (Å²) < 4.78 is 5.34. The standard InChI is InChI=1S/C22H21N3O2S/c1-15-5-9-20(27-3)17(13-15)6-10-21(26)25-19-8-7-18(14-16(19)2)28-22-23-11-4-12-24-22/h4-14H,1-3H3,(H,25,26)/b10-6+. The van der Waals surface area contributed by atoms with Crippen LogP contribution in [0.5, 0.6) is 5.75 Å². The summed E-state index contributed by atoms with van der Waals surface area (Å²) >= 11 is 1.48. The molecule has 0 unspecified atom stereocenters. The van der Waals surface area contributed by atoms with Gasteiger partial charge in [0.05, 0.1) is 7.11 Å². The molecule has 3 rings (SSSR count). The highest BCUT2D eigenvalue weighted by molar-refractivity contribution is 7.99. The van der Waals surface area contributed by atoms with Crippen LogP contribution in [0, 0.1) is 13.8 Å². The van der Waals surface area contributed by atoms with Crippen LogP contribution >= 0.6 is 11.8 Å². The summed E-state index contributed by atoms with van der Waals surface area (Å²) in [7, 11) is 1.62. The number of aromatic nitrogens is 2. The van der Waals surface area contributed by atoms with Crippen LogP contribution in [0.3, 0.4) is 0 Å². The molecule has 0 spiro atoms. The largest absolute Gasteiger partial charge is 0.496 e. The lowest BCUT2D eigenvalue weighted by Crippen LogP contribution is -2.09. The fourth-order valence-electron chi connectivity index (χ4n) is 2.61. The second-order valence-corrected chi connectivity index (χ2v) is 7.22. The van der Waals surface area contributed by atoms with Crippen LogP contribution in [0.2, 0.25) is 0 Å². The van der Waals surface area contributed by atoms with Crippen molar-refractivity contribution in [1.29, 1.82) is 0 Å². The molecule has 3 aromatic rings. The number of carbonyl (C=O) groups excluding carboxylic acids is 1. The number of hydrogen-bond acceptors (Lipinski definition) is 5. The lowest BCUT2D eigenvalue weighted by atomic mass is 10.1.